The van der Waals surface area contributed by atoms with E-state index in [9.17, 15) is 0 Å². The molecule has 0 aromatic carbocycles. The molecule has 5 heteroatoms. The standard InChI is InChI=1S/C13H24Cl2O2Si/c1-8-10-12(15,11(14)9(2)3)13(10,16-4)17-18(5,6)7/h10H,8H2,1-7H3. The van der Waals surface area contributed by atoms with Crippen LogP contribution in [0.5, 0.6) is 0 Å². The molecule has 0 bridgehead atoms. The van der Waals surface area contributed by atoms with Crippen LogP contribution < -0.4 is 0 Å². The van der Waals surface area contributed by atoms with Gasteiger partial charge in [-0.2, -0.15) is 0 Å². The number of hydrogen-bond acceptors (Lipinski definition) is 2. The molecule has 0 spiro atoms. The SMILES string of the molecule is CCC1C(OC)(O[Si](C)(C)C)C1(Cl)C(Cl)=C(C)C. The maximum Gasteiger partial charge on any atom is 0.188 e. The highest BCUT2D eigenvalue weighted by molar-refractivity contribution is 6.70. The zero-order valence-electron chi connectivity index (χ0n) is 12.4. The van der Waals surface area contributed by atoms with Crippen LogP contribution in [0.4, 0.5) is 0 Å². The van der Waals surface area contributed by atoms with Crippen LogP contribution in [0.3, 0.4) is 0 Å². The van der Waals surface area contributed by atoms with Crippen LogP contribution in [0.1, 0.15) is 27.2 Å². The second-order valence-corrected chi connectivity index (χ2v) is 11.5. The smallest absolute Gasteiger partial charge is 0.188 e. The molecule has 0 saturated heterocycles. The van der Waals surface area contributed by atoms with Gasteiger partial charge in [-0.1, -0.05) is 24.1 Å². The summed E-state index contributed by atoms with van der Waals surface area (Å²) in [4.78, 5) is -0.725. The van der Waals surface area contributed by atoms with E-state index in [-0.39, 0.29) is 5.92 Å². The van der Waals surface area contributed by atoms with Gasteiger partial charge in [-0.25, -0.2) is 0 Å². The van der Waals surface area contributed by atoms with E-state index in [0.29, 0.717) is 5.03 Å². The van der Waals surface area contributed by atoms with E-state index in [0.717, 1.165) is 12.0 Å². The number of ether oxygens (including phenoxy) is 1. The van der Waals surface area contributed by atoms with Gasteiger partial charge in [-0.05, 0) is 39.9 Å². The molecule has 1 aliphatic rings. The summed E-state index contributed by atoms with van der Waals surface area (Å²) in [7, 11) is -0.114. The first-order valence-electron chi connectivity index (χ1n) is 6.34. The van der Waals surface area contributed by atoms with Crippen molar-refractivity contribution in [2.24, 2.45) is 5.92 Å². The minimum atomic E-state index is -1.77. The Morgan fingerprint density at radius 1 is 1.28 bits per heavy atom. The average Bonchev–Trinajstić information content (AvgIpc) is 2.75. The Morgan fingerprint density at radius 3 is 2.06 bits per heavy atom. The third kappa shape index (κ3) is 2.40. The molecular formula is C13H24Cl2O2Si. The molecule has 1 saturated carbocycles. The molecule has 3 atom stereocenters. The van der Waals surface area contributed by atoms with E-state index in [4.69, 9.17) is 32.4 Å². The molecule has 1 aliphatic carbocycles. The minimum Gasteiger partial charge on any atom is -0.389 e. The molecule has 0 aromatic heterocycles. The Morgan fingerprint density at radius 2 is 1.78 bits per heavy atom. The van der Waals surface area contributed by atoms with Crippen molar-refractivity contribution in [3.8, 4) is 0 Å². The third-order valence-electron chi connectivity index (χ3n) is 3.29. The Hall–Kier alpha value is 0.457. The summed E-state index contributed by atoms with van der Waals surface area (Å²) in [5, 5.41) is 0.663. The van der Waals surface area contributed by atoms with Gasteiger partial charge in [-0.3, -0.25) is 0 Å². The summed E-state index contributed by atoms with van der Waals surface area (Å²) in [6.45, 7) is 12.4. The largest absolute Gasteiger partial charge is 0.389 e. The van der Waals surface area contributed by atoms with Crippen LogP contribution in [0, 0.1) is 5.92 Å². The van der Waals surface area contributed by atoms with Gasteiger partial charge in [0, 0.05) is 18.1 Å². The number of methoxy groups -OCH3 is 1. The predicted molar refractivity (Wildman–Crippen MR) is 80.8 cm³/mol. The lowest BCUT2D eigenvalue weighted by atomic mass is 10.2. The van der Waals surface area contributed by atoms with Gasteiger partial charge >= 0.3 is 0 Å². The number of allylic oxidation sites excluding steroid dienone is 1. The van der Waals surface area contributed by atoms with E-state index in [1.54, 1.807) is 7.11 Å². The zero-order chi connectivity index (χ0) is 14.4. The van der Waals surface area contributed by atoms with Crippen molar-refractivity contribution in [2.45, 2.75) is 57.5 Å². The van der Waals surface area contributed by atoms with Gasteiger partial charge in [0.1, 0.15) is 4.87 Å². The summed E-state index contributed by atoms with van der Waals surface area (Å²) in [6.07, 6.45) is 0.880. The first-order chi connectivity index (χ1) is 8.06. The number of alkyl halides is 1. The van der Waals surface area contributed by atoms with Gasteiger partial charge in [0.15, 0.2) is 14.1 Å². The Bertz CT molecular complexity index is 360. The van der Waals surface area contributed by atoms with Crippen molar-refractivity contribution >= 4 is 31.5 Å². The van der Waals surface area contributed by atoms with Crippen molar-refractivity contribution in [3.63, 3.8) is 0 Å². The third-order valence-corrected chi connectivity index (χ3v) is 5.69. The molecule has 0 radical (unpaired) electrons. The maximum absolute atomic E-state index is 6.77. The summed E-state index contributed by atoms with van der Waals surface area (Å²) in [5.74, 6) is -0.659. The molecule has 1 rings (SSSR count). The van der Waals surface area contributed by atoms with E-state index in [1.807, 2.05) is 13.8 Å². The Kier molecular flexibility index (Phi) is 4.68. The molecule has 2 nitrogen and oxygen atoms in total. The predicted octanol–water partition coefficient (Wildman–Crippen LogP) is 4.73. The number of rotatable bonds is 5. The van der Waals surface area contributed by atoms with Crippen molar-refractivity contribution in [2.75, 3.05) is 7.11 Å². The van der Waals surface area contributed by atoms with E-state index < -0.39 is 19.0 Å². The molecular weight excluding hydrogens is 287 g/mol. The first-order valence-corrected chi connectivity index (χ1v) is 10.5. The second-order valence-electron chi connectivity index (χ2n) is 6.07. The Balaban J connectivity index is 3.18. The molecule has 0 aliphatic heterocycles. The highest BCUT2D eigenvalue weighted by Crippen LogP contribution is 2.69. The molecule has 0 amide bonds. The summed E-state index contributed by atoms with van der Waals surface area (Å²) in [5.41, 5.74) is 1.02. The van der Waals surface area contributed by atoms with Crippen LogP contribution in [0.25, 0.3) is 0 Å². The summed E-state index contributed by atoms with van der Waals surface area (Å²) in [6, 6.07) is 0. The maximum atomic E-state index is 6.77. The van der Waals surface area contributed by atoms with Gasteiger partial charge in [0.2, 0.25) is 0 Å². The fourth-order valence-corrected chi connectivity index (χ4v) is 4.91. The molecule has 106 valence electrons. The van der Waals surface area contributed by atoms with Gasteiger partial charge in [0.25, 0.3) is 0 Å². The minimum absolute atomic E-state index is 0.103. The number of halogens is 2. The van der Waals surface area contributed by atoms with Crippen molar-refractivity contribution in [1.82, 2.24) is 0 Å². The van der Waals surface area contributed by atoms with Gasteiger partial charge < -0.3 is 9.16 Å². The van der Waals surface area contributed by atoms with Crippen molar-refractivity contribution in [3.05, 3.63) is 10.6 Å². The van der Waals surface area contributed by atoms with Crippen LogP contribution in [0.2, 0.25) is 19.6 Å². The highest BCUT2D eigenvalue weighted by atomic mass is 35.5. The van der Waals surface area contributed by atoms with Crippen LogP contribution in [-0.4, -0.2) is 26.1 Å². The Labute approximate surface area is 122 Å². The normalized spacial score (nSPS) is 35.5. The first kappa shape index (κ1) is 16.5. The van der Waals surface area contributed by atoms with E-state index in [1.165, 1.54) is 0 Å². The summed E-state index contributed by atoms with van der Waals surface area (Å²) < 4.78 is 11.9. The van der Waals surface area contributed by atoms with Crippen LogP contribution >= 0.6 is 23.2 Å². The fourth-order valence-electron chi connectivity index (χ4n) is 2.61. The van der Waals surface area contributed by atoms with Crippen LogP contribution in [0.15, 0.2) is 10.6 Å². The van der Waals surface area contributed by atoms with Crippen molar-refractivity contribution in [1.29, 1.82) is 0 Å². The molecule has 18 heavy (non-hydrogen) atoms. The topological polar surface area (TPSA) is 18.5 Å². The molecule has 1 fully saturated rings. The number of hydrogen-bond donors (Lipinski definition) is 0. The molecule has 0 heterocycles. The summed E-state index contributed by atoms with van der Waals surface area (Å²) >= 11 is 13.2. The average molecular weight is 311 g/mol. The second kappa shape index (κ2) is 5.10. The monoisotopic (exact) mass is 310 g/mol. The lowest BCUT2D eigenvalue weighted by Gasteiger charge is -2.28. The van der Waals surface area contributed by atoms with E-state index >= 15 is 0 Å². The molecule has 3 unspecified atom stereocenters. The fraction of sp³-hybridized carbons (Fsp3) is 0.846. The molecule has 0 N–H and O–H groups in total. The highest BCUT2D eigenvalue weighted by Gasteiger charge is 2.80. The van der Waals surface area contributed by atoms with E-state index in [2.05, 4.69) is 26.6 Å². The lowest BCUT2D eigenvalue weighted by molar-refractivity contribution is -0.103. The van der Waals surface area contributed by atoms with Gasteiger partial charge in [0.05, 0.1) is 0 Å². The lowest BCUT2D eigenvalue weighted by Crippen LogP contribution is -2.39. The molecule has 0 aromatic rings. The van der Waals surface area contributed by atoms with Crippen molar-refractivity contribution < 1.29 is 9.16 Å². The van der Waals surface area contributed by atoms with Gasteiger partial charge in [-0.15, -0.1) is 11.6 Å². The van der Waals surface area contributed by atoms with Crippen LogP contribution in [-0.2, 0) is 9.16 Å². The zero-order valence-corrected chi connectivity index (χ0v) is 14.9. The quantitative estimate of drug-likeness (QED) is 0.415.